The second-order valence-corrected chi connectivity index (χ2v) is 6.59. The number of carbonyl (C=O) groups is 2. The first-order valence-corrected chi connectivity index (χ1v) is 8.67. The second kappa shape index (κ2) is 6.71. The Balaban J connectivity index is 1.42. The molecule has 0 saturated carbocycles. The molecule has 0 radical (unpaired) electrons. The number of nitrogens with zero attached hydrogens (tertiary/aromatic N) is 1. The first kappa shape index (κ1) is 16.4. The Morgan fingerprint density at radius 1 is 1.15 bits per heavy atom. The van der Waals surface area contributed by atoms with Crippen LogP contribution in [-0.2, 0) is 9.59 Å². The smallest absolute Gasteiger partial charge is 0.231 e. The summed E-state index contributed by atoms with van der Waals surface area (Å²) in [6, 6.07) is 15.1. The van der Waals surface area contributed by atoms with E-state index in [0.717, 1.165) is 5.56 Å². The predicted molar refractivity (Wildman–Crippen MR) is 95.9 cm³/mol. The van der Waals surface area contributed by atoms with Crippen molar-refractivity contribution in [3.63, 3.8) is 0 Å². The minimum Gasteiger partial charge on any atom is -0.454 e. The molecule has 0 bridgehead atoms. The number of likely N-dealkylation sites (tertiary alicyclic amines) is 1. The number of rotatable bonds is 4. The molecule has 4 rings (SSSR count). The van der Waals surface area contributed by atoms with Crippen molar-refractivity contribution in [1.29, 1.82) is 0 Å². The molecule has 1 N–H and O–H groups in total. The van der Waals surface area contributed by atoms with Gasteiger partial charge in [0.1, 0.15) is 0 Å². The van der Waals surface area contributed by atoms with Crippen LogP contribution in [-0.4, -0.2) is 30.1 Å². The largest absolute Gasteiger partial charge is 0.454 e. The van der Waals surface area contributed by atoms with Gasteiger partial charge in [0.05, 0.1) is 12.0 Å². The van der Waals surface area contributed by atoms with Gasteiger partial charge >= 0.3 is 0 Å². The van der Waals surface area contributed by atoms with E-state index in [1.54, 1.807) is 23.1 Å². The highest BCUT2D eigenvalue weighted by Gasteiger charge is 2.37. The fourth-order valence-corrected chi connectivity index (χ4v) is 3.41. The molecule has 0 spiro atoms. The van der Waals surface area contributed by atoms with Gasteiger partial charge in [-0.25, -0.2) is 0 Å². The van der Waals surface area contributed by atoms with Crippen LogP contribution >= 0.6 is 0 Å². The van der Waals surface area contributed by atoms with E-state index in [1.165, 1.54) is 0 Å². The molecule has 0 aromatic heterocycles. The number of nitrogens with one attached hydrogen (secondary N) is 1. The number of fused-ring (bicyclic) bond motifs is 1. The Morgan fingerprint density at radius 2 is 1.92 bits per heavy atom. The van der Waals surface area contributed by atoms with E-state index in [-0.39, 0.29) is 37.0 Å². The van der Waals surface area contributed by atoms with Crippen molar-refractivity contribution < 1.29 is 19.1 Å². The van der Waals surface area contributed by atoms with Gasteiger partial charge in [0.15, 0.2) is 11.5 Å². The van der Waals surface area contributed by atoms with Crippen LogP contribution in [0, 0.1) is 5.92 Å². The van der Waals surface area contributed by atoms with Crippen molar-refractivity contribution in [2.24, 2.45) is 5.92 Å². The van der Waals surface area contributed by atoms with Crippen LogP contribution in [0.15, 0.2) is 48.5 Å². The highest BCUT2D eigenvalue weighted by atomic mass is 16.7. The molecule has 2 heterocycles. The number of ether oxygens (including phenoxy) is 2. The van der Waals surface area contributed by atoms with E-state index in [1.807, 2.05) is 37.3 Å². The number of benzene rings is 2. The molecule has 2 amide bonds. The average molecular weight is 352 g/mol. The van der Waals surface area contributed by atoms with E-state index in [0.29, 0.717) is 23.7 Å². The van der Waals surface area contributed by atoms with Crippen molar-refractivity contribution in [2.75, 3.05) is 18.7 Å². The molecule has 26 heavy (non-hydrogen) atoms. The fraction of sp³-hybridized carbons (Fsp3) is 0.300. The first-order chi connectivity index (χ1) is 12.6. The zero-order chi connectivity index (χ0) is 18.1. The maximum Gasteiger partial charge on any atom is 0.231 e. The SMILES string of the molecule is C[C@@H](c1ccccc1)N1C[C@H](C(=O)Nc2ccc3c(c2)OCO3)CC1=O. The van der Waals surface area contributed by atoms with E-state index in [2.05, 4.69) is 5.32 Å². The molecule has 134 valence electrons. The van der Waals surface area contributed by atoms with E-state index in [4.69, 9.17) is 9.47 Å². The van der Waals surface area contributed by atoms with Crippen molar-refractivity contribution >= 4 is 17.5 Å². The summed E-state index contributed by atoms with van der Waals surface area (Å²) in [6.07, 6.45) is 0.230. The molecule has 6 nitrogen and oxygen atoms in total. The Hall–Kier alpha value is -3.02. The molecule has 0 aliphatic carbocycles. The fourth-order valence-electron chi connectivity index (χ4n) is 3.41. The molecule has 6 heteroatoms. The number of amides is 2. The lowest BCUT2D eigenvalue weighted by atomic mass is 10.1. The van der Waals surface area contributed by atoms with Gasteiger partial charge in [-0.1, -0.05) is 30.3 Å². The summed E-state index contributed by atoms with van der Waals surface area (Å²) < 4.78 is 10.6. The van der Waals surface area contributed by atoms with Crippen molar-refractivity contribution in [1.82, 2.24) is 4.90 Å². The third-order valence-electron chi connectivity index (χ3n) is 4.92. The highest BCUT2D eigenvalue weighted by molar-refractivity contribution is 5.97. The van der Waals surface area contributed by atoms with Crippen molar-refractivity contribution in [2.45, 2.75) is 19.4 Å². The van der Waals surface area contributed by atoms with E-state index in [9.17, 15) is 9.59 Å². The van der Waals surface area contributed by atoms with Crippen LogP contribution in [0.2, 0.25) is 0 Å². The standard InChI is InChI=1S/C20H20N2O4/c1-13(14-5-3-2-4-6-14)22-11-15(9-19(22)23)20(24)21-16-7-8-17-18(10-16)26-12-25-17/h2-8,10,13,15H,9,11-12H2,1H3,(H,21,24)/t13-,15+/m0/s1. The molecular formula is C20H20N2O4. The summed E-state index contributed by atoms with van der Waals surface area (Å²) in [5.74, 6) is 0.776. The summed E-state index contributed by atoms with van der Waals surface area (Å²) in [4.78, 5) is 26.8. The summed E-state index contributed by atoms with van der Waals surface area (Å²) in [7, 11) is 0. The quantitative estimate of drug-likeness (QED) is 0.919. The van der Waals surface area contributed by atoms with Gasteiger partial charge in [-0.2, -0.15) is 0 Å². The third-order valence-corrected chi connectivity index (χ3v) is 4.92. The van der Waals surface area contributed by atoms with Crippen molar-refractivity contribution in [3.8, 4) is 11.5 Å². The molecule has 2 aliphatic heterocycles. The van der Waals surface area contributed by atoms with Crippen LogP contribution < -0.4 is 14.8 Å². The normalized spacial score (nSPS) is 19.5. The monoisotopic (exact) mass is 352 g/mol. The van der Waals surface area contributed by atoms with Crippen LogP contribution in [0.25, 0.3) is 0 Å². The number of hydrogen-bond donors (Lipinski definition) is 1. The minimum absolute atomic E-state index is 0.00666. The molecule has 2 atom stereocenters. The maximum absolute atomic E-state index is 12.6. The topological polar surface area (TPSA) is 67.9 Å². The van der Waals surface area contributed by atoms with Gasteiger partial charge in [0.2, 0.25) is 18.6 Å². The third kappa shape index (κ3) is 3.10. The summed E-state index contributed by atoms with van der Waals surface area (Å²) in [6.45, 7) is 2.60. The zero-order valence-electron chi connectivity index (χ0n) is 14.5. The summed E-state index contributed by atoms with van der Waals surface area (Å²) in [5.41, 5.74) is 1.71. The zero-order valence-corrected chi connectivity index (χ0v) is 14.5. The van der Waals surface area contributed by atoms with Crippen LogP contribution in [0.5, 0.6) is 11.5 Å². The molecular weight excluding hydrogens is 332 g/mol. The summed E-state index contributed by atoms with van der Waals surface area (Å²) >= 11 is 0. The molecule has 2 aromatic carbocycles. The molecule has 1 saturated heterocycles. The first-order valence-electron chi connectivity index (χ1n) is 8.67. The van der Waals surface area contributed by atoms with Gasteiger partial charge in [-0.05, 0) is 24.6 Å². The van der Waals surface area contributed by atoms with Crippen LogP contribution in [0.4, 0.5) is 5.69 Å². The summed E-state index contributed by atoms with van der Waals surface area (Å²) in [5, 5.41) is 2.88. The Kier molecular flexibility index (Phi) is 4.24. The maximum atomic E-state index is 12.6. The Morgan fingerprint density at radius 3 is 2.73 bits per heavy atom. The molecule has 1 fully saturated rings. The average Bonchev–Trinajstić information content (AvgIpc) is 3.28. The van der Waals surface area contributed by atoms with E-state index >= 15 is 0 Å². The number of hydrogen-bond acceptors (Lipinski definition) is 4. The molecule has 2 aromatic rings. The molecule has 0 unspecified atom stereocenters. The van der Waals surface area contributed by atoms with Gasteiger partial charge in [-0.15, -0.1) is 0 Å². The Labute approximate surface area is 151 Å². The number of carbonyl (C=O) groups excluding carboxylic acids is 2. The van der Waals surface area contributed by atoms with Gasteiger partial charge in [0.25, 0.3) is 0 Å². The number of anilines is 1. The van der Waals surface area contributed by atoms with Crippen LogP contribution in [0.1, 0.15) is 24.9 Å². The highest BCUT2D eigenvalue weighted by Crippen LogP contribution is 2.35. The predicted octanol–water partition coefficient (Wildman–Crippen LogP) is 2.96. The lowest BCUT2D eigenvalue weighted by molar-refractivity contribution is -0.129. The Bertz CT molecular complexity index is 837. The lowest BCUT2D eigenvalue weighted by Crippen LogP contribution is -2.30. The van der Waals surface area contributed by atoms with Gasteiger partial charge < -0.3 is 19.7 Å². The van der Waals surface area contributed by atoms with Crippen LogP contribution in [0.3, 0.4) is 0 Å². The molecule has 2 aliphatic rings. The van der Waals surface area contributed by atoms with E-state index < -0.39 is 0 Å². The minimum atomic E-state index is -0.362. The second-order valence-electron chi connectivity index (χ2n) is 6.59. The lowest BCUT2D eigenvalue weighted by Gasteiger charge is -2.25. The van der Waals surface area contributed by atoms with Gasteiger partial charge in [-0.3, -0.25) is 9.59 Å². The van der Waals surface area contributed by atoms with Gasteiger partial charge in [0, 0.05) is 24.7 Å². The van der Waals surface area contributed by atoms with Crippen molar-refractivity contribution in [3.05, 3.63) is 54.1 Å².